The van der Waals surface area contributed by atoms with E-state index < -0.39 is 24.3 Å². The van der Waals surface area contributed by atoms with Gasteiger partial charge >= 0.3 is 12.2 Å². The number of hydrogen-bond acceptors (Lipinski definition) is 8. The topological polar surface area (TPSA) is 175 Å². The molecule has 1 aliphatic rings. The number of amides is 4. The molecule has 2 aromatic heterocycles. The maximum Gasteiger partial charge on any atom is 0.408 e. The smallest absolute Gasteiger partial charge is 0.408 e. The predicted molar refractivity (Wildman–Crippen MR) is 208 cm³/mol. The van der Waals surface area contributed by atoms with Crippen molar-refractivity contribution in [2.45, 2.75) is 64.7 Å². The zero-order valence-corrected chi connectivity index (χ0v) is 31.8. The van der Waals surface area contributed by atoms with Crippen molar-refractivity contribution in [1.82, 2.24) is 40.4 Å². The molecule has 4 unspecified atom stereocenters. The number of imidazole rings is 2. The second-order valence-electron chi connectivity index (χ2n) is 13.9. The molecule has 4 amide bonds. The van der Waals surface area contributed by atoms with Gasteiger partial charge in [-0.3, -0.25) is 14.9 Å². The van der Waals surface area contributed by atoms with E-state index in [0.717, 1.165) is 50.6 Å². The first-order valence-corrected chi connectivity index (χ1v) is 18.3. The summed E-state index contributed by atoms with van der Waals surface area (Å²) in [7, 11) is 2.49. The molecule has 0 bridgehead atoms. The van der Waals surface area contributed by atoms with E-state index in [1.807, 2.05) is 45.9 Å². The predicted octanol–water partition coefficient (Wildman–Crippen LogP) is 6.08. The summed E-state index contributed by atoms with van der Waals surface area (Å²) in [6.45, 7) is 8.51. The SMILES string of the molecule is C#CC(NC(=O)OC)C(=O)N1CCCC1c1ncc(-c2ccc3cc(-c4ccc5nc(C(C)N(CC)C(=O)C(NC(=O)OC)C(C)C)[nH]c5c4)ccc3c2)[nH]1. The summed E-state index contributed by atoms with van der Waals surface area (Å²) < 4.78 is 9.37. The van der Waals surface area contributed by atoms with Gasteiger partial charge in [-0.05, 0) is 78.8 Å². The molecule has 0 radical (unpaired) electrons. The van der Waals surface area contributed by atoms with Gasteiger partial charge < -0.3 is 34.6 Å². The standard InChI is InChI=1S/C41H46N8O6/c1-8-30(46-40(52)54-6)38(50)49-18-10-11-34(49)37-42-22-33(45-37)29-15-14-25-19-26(12-13-27(25)20-29)28-16-17-31-32(21-28)44-36(43-31)24(5)48(9-2)39(51)35(23(3)4)47-41(53)55-7/h1,12-17,19-24,30,34-35H,9-11,18H2,2-7H3,(H,42,45)(H,43,44)(H,46,52)(H,47,53). The van der Waals surface area contributed by atoms with Crippen LogP contribution in [0.2, 0.25) is 0 Å². The van der Waals surface area contributed by atoms with Gasteiger partial charge in [0.15, 0.2) is 6.04 Å². The molecule has 5 aromatic rings. The largest absolute Gasteiger partial charge is 0.453 e. The Hall–Kier alpha value is -6.36. The molecular formula is C41H46N8O6. The molecule has 4 atom stereocenters. The van der Waals surface area contributed by atoms with E-state index in [4.69, 9.17) is 16.1 Å². The van der Waals surface area contributed by atoms with Crippen molar-refractivity contribution in [1.29, 1.82) is 0 Å². The Bertz CT molecular complexity index is 2270. The van der Waals surface area contributed by atoms with E-state index in [9.17, 15) is 19.2 Å². The number of rotatable bonds is 11. The molecule has 3 aromatic carbocycles. The van der Waals surface area contributed by atoms with Crippen LogP contribution in [0.3, 0.4) is 0 Å². The van der Waals surface area contributed by atoms with Crippen LogP contribution in [0.4, 0.5) is 9.59 Å². The summed E-state index contributed by atoms with van der Waals surface area (Å²) in [5.74, 6) is 2.93. The Morgan fingerprint density at radius 3 is 2.27 bits per heavy atom. The number of ether oxygens (including phenoxy) is 2. The van der Waals surface area contributed by atoms with Gasteiger partial charge in [-0.1, -0.05) is 50.1 Å². The number of hydrogen-bond donors (Lipinski definition) is 4. The molecule has 0 saturated carbocycles. The average molecular weight is 747 g/mol. The van der Waals surface area contributed by atoms with Gasteiger partial charge in [0.25, 0.3) is 5.91 Å². The minimum Gasteiger partial charge on any atom is -0.453 e. The Morgan fingerprint density at radius 2 is 1.60 bits per heavy atom. The lowest BCUT2D eigenvalue weighted by atomic mass is 9.99. The zero-order chi connectivity index (χ0) is 39.4. The van der Waals surface area contributed by atoms with E-state index in [1.54, 1.807) is 16.0 Å². The van der Waals surface area contributed by atoms with Gasteiger partial charge in [0.2, 0.25) is 5.91 Å². The van der Waals surface area contributed by atoms with E-state index in [-0.39, 0.29) is 29.8 Å². The van der Waals surface area contributed by atoms with Crippen LogP contribution in [0.15, 0.2) is 60.8 Å². The first-order valence-electron chi connectivity index (χ1n) is 18.3. The summed E-state index contributed by atoms with van der Waals surface area (Å²) in [4.78, 5) is 70.1. The van der Waals surface area contributed by atoms with Gasteiger partial charge in [0.05, 0.1) is 49.2 Å². The van der Waals surface area contributed by atoms with Crippen LogP contribution in [-0.4, -0.2) is 93.1 Å². The molecular weight excluding hydrogens is 701 g/mol. The monoisotopic (exact) mass is 746 g/mol. The highest BCUT2D eigenvalue weighted by Crippen LogP contribution is 2.34. The van der Waals surface area contributed by atoms with Crippen molar-refractivity contribution in [3.63, 3.8) is 0 Å². The lowest BCUT2D eigenvalue weighted by Gasteiger charge is -2.32. The summed E-state index contributed by atoms with van der Waals surface area (Å²) in [6, 6.07) is 16.0. The third-order valence-corrected chi connectivity index (χ3v) is 10.2. The molecule has 0 spiro atoms. The van der Waals surface area contributed by atoms with Gasteiger partial charge in [-0.15, -0.1) is 6.42 Å². The molecule has 1 fully saturated rings. The van der Waals surface area contributed by atoms with Crippen LogP contribution in [0, 0.1) is 18.3 Å². The average Bonchev–Trinajstić information content (AvgIpc) is 3.98. The van der Waals surface area contributed by atoms with Crippen LogP contribution in [0.1, 0.15) is 64.3 Å². The Kier molecular flexibility index (Phi) is 11.4. The number of benzene rings is 3. The Labute approximate surface area is 319 Å². The van der Waals surface area contributed by atoms with Crippen molar-refractivity contribution < 1.29 is 28.7 Å². The van der Waals surface area contributed by atoms with E-state index in [1.165, 1.54) is 14.2 Å². The minimum absolute atomic E-state index is 0.141. The molecule has 1 saturated heterocycles. The number of nitrogens with one attached hydrogen (secondary N) is 4. The third-order valence-electron chi connectivity index (χ3n) is 10.2. The van der Waals surface area contributed by atoms with Crippen molar-refractivity contribution in [2.24, 2.45) is 5.92 Å². The van der Waals surface area contributed by atoms with Crippen LogP contribution in [0.25, 0.3) is 44.2 Å². The molecule has 4 N–H and O–H groups in total. The summed E-state index contributed by atoms with van der Waals surface area (Å²) in [5.41, 5.74) is 5.44. The van der Waals surface area contributed by atoms with E-state index in [2.05, 4.69) is 72.6 Å². The number of likely N-dealkylation sites (N-methyl/N-ethyl adjacent to an activating group) is 1. The fourth-order valence-corrected chi connectivity index (χ4v) is 7.13. The summed E-state index contributed by atoms with van der Waals surface area (Å²) in [6.07, 6.45) is 7.41. The van der Waals surface area contributed by atoms with Crippen molar-refractivity contribution in [2.75, 3.05) is 27.3 Å². The molecule has 1 aliphatic heterocycles. The number of methoxy groups -OCH3 is 2. The molecule has 0 aliphatic carbocycles. The molecule has 14 heteroatoms. The highest BCUT2D eigenvalue weighted by molar-refractivity contribution is 5.92. The van der Waals surface area contributed by atoms with Gasteiger partial charge in [0, 0.05) is 18.7 Å². The Morgan fingerprint density at radius 1 is 0.945 bits per heavy atom. The molecule has 286 valence electrons. The maximum atomic E-state index is 13.6. The van der Waals surface area contributed by atoms with Crippen molar-refractivity contribution >= 4 is 45.8 Å². The van der Waals surface area contributed by atoms with Crippen LogP contribution >= 0.6 is 0 Å². The number of nitrogens with zero attached hydrogens (tertiary/aromatic N) is 4. The summed E-state index contributed by atoms with van der Waals surface area (Å²) >= 11 is 0. The fraction of sp³-hybridized carbons (Fsp3) is 0.366. The normalized spacial score (nSPS) is 15.7. The number of terminal acetylenes is 1. The molecule has 55 heavy (non-hydrogen) atoms. The van der Waals surface area contributed by atoms with Crippen LogP contribution in [-0.2, 0) is 19.1 Å². The van der Waals surface area contributed by atoms with Crippen molar-refractivity contribution in [3.05, 3.63) is 72.4 Å². The third kappa shape index (κ3) is 7.96. The first-order chi connectivity index (χ1) is 26.5. The quantitative estimate of drug-likeness (QED) is 0.118. The Balaban J connectivity index is 1.18. The number of H-pyrrole nitrogens is 2. The van der Waals surface area contributed by atoms with Crippen LogP contribution < -0.4 is 10.6 Å². The number of fused-ring (bicyclic) bond motifs is 2. The molecule has 6 rings (SSSR count). The number of likely N-dealkylation sites (tertiary alicyclic amines) is 1. The van der Waals surface area contributed by atoms with Gasteiger partial charge in [0.1, 0.15) is 17.7 Å². The second-order valence-corrected chi connectivity index (χ2v) is 13.9. The van der Waals surface area contributed by atoms with Crippen LogP contribution in [0.5, 0.6) is 0 Å². The lowest BCUT2D eigenvalue weighted by Crippen LogP contribution is -2.51. The first kappa shape index (κ1) is 38.4. The number of alkyl carbamates (subject to hydrolysis) is 2. The lowest BCUT2D eigenvalue weighted by molar-refractivity contribution is -0.136. The van der Waals surface area contributed by atoms with E-state index >= 15 is 0 Å². The minimum atomic E-state index is -1.13. The number of aromatic nitrogens is 4. The van der Waals surface area contributed by atoms with Gasteiger partial charge in [-0.25, -0.2) is 19.6 Å². The van der Waals surface area contributed by atoms with Gasteiger partial charge in [-0.2, -0.15) is 0 Å². The second kappa shape index (κ2) is 16.3. The number of carbonyl (C=O) groups excluding carboxylic acids is 4. The van der Waals surface area contributed by atoms with E-state index in [0.29, 0.717) is 31.2 Å². The summed E-state index contributed by atoms with van der Waals surface area (Å²) in [5, 5.41) is 7.19. The highest BCUT2D eigenvalue weighted by atomic mass is 16.5. The highest BCUT2D eigenvalue weighted by Gasteiger charge is 2.36. The van der Waals surface area contributed by atoms with Crippen molar-refractivity contribution in [3.8, 4) is 34.7 Å². The maximum absolute atomic E-state index is 13.6. The fourth-order valence-electron chi connectivity index (χ4n) is 7.13. The zero-order valence-electron chi connectivity index (χ0n) is 31.8. The number of aromatic amines is 2. The molecule has 3 heterocycles. The molecule has 14 nitrogen and oxygen atoms in total. The number of carbonyl (C=O) groups is 4.